The largest absolute Gasteiger partial charge is 0.370 e. The number of rotatable bonds is 5. The molecule has 2 rings (SSSR count). The van der Waals surface area contributed by atoms with E-state index in [0.717, 1.165) is 25.7 Å². The van der Waals surface area contributed by atoms with E-state index >= 15 is 0 Å². The average Bonchev–Trinajstić information content (AvgIpc) is 2.82. The summed E-state index contributed by atoms with van der Waals surface area (Å²) in [6, 6.07) is 0. The zero-order valence-electron chi connectivity index (χ0n) is 13.3. The predicted molar refractivity (Wildman–Crippen MR) is 80.7 cm³/mol. The Morgan fingerprint density at radius 3 is 2.65 bits per heavy atom. The van der Waals surface area contributed by atoms with Gasteiger partial charge < -0.3 is 15.0 Å². The molecule has 2 aliphatic heterocycles. The third kappa shape index (κ3) is 3.95. The second-order valence-electron chi connectivity index (χ2n) is 6.70. The van der Waals surface area contributed by atoms with Crippen LogP contribution in [0.25, 0.3) is 0 Å². The van der Waals surface area contributed by atoms with Crippen molar-refractivity contribution in [3.8, 4) is 0 Å². The highest BCUT2D eigenvalue weighted by molar-refractivity contribution is 5.77. The van der Waals surface area contributed by atoms with Gasteiger partial charge in [0.05, 0.1) is 11.7 Å². The molecule has 1 unspecified atom stereocenters. The van der Waals surface area contributed by atoms with Crippen molar-refractivity contribution in [3.63, 3.8) is 0 Å². The zero-order valence-corrected chi connectivity index (χ0v) is 13.3. The Hall–Kier alpha value is -0.610. The highest BCUT2D eigenvalue weighted by Gasteiger charge is 2.42. The average molecular weight is 282 g/mol. The van der Waals surface area contributed by atoms with Crippen molar-refractivity contribution in [1.82, 2.24) is 10.2 Å². The summed E-state index contributed by atoms with van der Waals surface area (Å²) >= 11 is 0. The summed E-state index contributed by atoms with van der Waals surface area (Å²) in [5, 5.41) is 3.00. The highest BCUT2D eigenvalue weighted by atomic mass is 16.5. The summed E-state index contributed by atoms with van der Waals surface area (Å²) in [7, 11) is 0. The quantitative estimate of drug-likeness (QED) is 0.840. The molecule has 0 saturated carbocycles. The van der Waals surface area contributed by atoms with E-state index in [1.54, 1.807) is 0 Å². The first-order chi connectivity index (χ1) is 9.54. The Labute approximate surface area is 123 Å². The van der Waals surface area contributed by atoms with Crippen LogP contribution in [0.15, 0.2) is 0 Å². The highest BCUT2D eigenvalue weighted by Crippen LogP contribution is 2.38. The first-order valence-corrected chi connectivity index (χ1v) is 8.22. The van der Waals surface area contributed by atoms with Gasteiger partial charge >= 0.3 is 0 Å². The molecule has 2 saturated heterocycles. The Morgan fingerprint density at radius 1 is 1.35 bits per heavy atom. The van der Waals surface area contributed by atoms with Gasteiger partial charge in [-0.25, -0.2) is 0 Å². The van der Waals surface area contributed by atoms with E-state index < -0.39 is 0 Å². The second-order valence-corrected chi connectivity index (χ2v) is 6.70. The van der Waals surface area contributed by atoms with E-state index in [0.29, 0.717) is 6.54 Å². The summed E-state index contributed by atoms with van der Waals surface area (Å²) in [5.74, 6) is 0.190. The molecule has 116 valence electrons. The molecule has 4 nitrogen and oxygen atoms in total. The number of likely N-dealkylation sites (tertiary alicyclic amines) is 1. The third-order valence-electron chi connectivity index (χ3n) is 4.67. The van der Waals surface area contributed by atoms with Crippen molar-refractivity contribution in [1.29, 1.82) is 0 Å². The fourth-order valence-electron chi connectivity index (χ4n) is 3.33. The maximum Gasteiger partial charge on any atom is 0.222 e. The van der Waals surface area contributed by atoms with Crippen molar-refractivity contribution >= 4 is 5.91 Å². The number of nitrogens with one attached hydrogen (secondary N) is 1. The third-order valence-corrected chi connectivity index (χ3v) is 4.67. The molecule has 1 amide bonds. The number of hydrogen-bond acceptors (Lipinski definition) is 3. The van der Waals surface area contributed by atoms with E-state index in [4.69, 9.17) is 4.74 Å². The van der Waals surface area contributed by atoms with Crippen LogP contribution >= 0.6 is 0 Å². The van der Waals surface area contributed by atoms with Crippen molar-refractivity contribution in [3.05, 3.63) is 0 Å². The normalized spacial score (nSPS) is 26.3. The van der Waals surface area contributed by atoms with Crippen molar-refractivity contribution in [2.45, 2.75) is 64.6 Å². The van der Waals surface area contributed by atoms with Crippen LogP contribution in [0.4, 0.5) is 0 Å². The molecule has 20 heavy (non-hydrogen) atoms. The maximum absolute atomic E-state index is 11.6. The topological polar surface area (TPSA) is 41.6 Å². The zero-order chi connectivity index (χ0) is 14.6. The number of carbonyl (C=O) groups is 1. The molecule has 1 spiro atoms. The maximum atomic E-state index is 11.6. The van der Waals surface area contributed by atoms with E-state index in [-0.39, 0.29) is 23.5 Å². The molecule has 1 atom stereocenters. The SMILES string of the molecule is CCCN1CCC2(CCC(CNC(=O)C(C)C)O2)CC1. The fraction of sp³-hybridized carbons (Fsp3) is 0.938. The number of hydrogen-bond donors (Lipinski definition) is 1. The van der Waals surface area contributed by atoms with E-state index in [9.17, 15) is 4.79 Å². The summed E-state index contributed by atoms with van der Waals surface area (Å²) < 4.78 is 6.31. The first kappa shape index (κ1) is 15.8. The van der Waals surface area contributed by atoms with E-state index in [2.05, 4.69) is 17.1 Å². The van der Waals surface area contributed by atoms with Gasteiger partial charge in [0.2, 0.25) is 5.91 Å². The van der Waals surface area contributed by atoms with Gasteiger partial charge in [-0.15, -0.1) is 0 Å². The van der Waals surface area contributed by atoms with Crippen LogP contribution in [0.1, 0.15) is 52.9 Å². The monoisotopic (exact) mass is 282 g/mol. The van der Waals surface area contributed by atoms with Crippen LogP contribution in [0.2, 0.25) is 0 Å². The Bertz CT molecular complexity index is 322. The van der Waals surface area contributed by atoms with Gasteiger partial charge in [0, 0.05) is 25.6 Å². The molecule has 0 radical (unpaired) electrons. The Balaban J connectivity index is 1.74. The van der Waals surface area contributed by atoms with Crippen LogP contribution in [0, 0.1) is 5.92 Å². The molecule has 2 fully saturated rings. The molecule has 0 aromatic rings. The lowest BCUT2D eigenvalue weighted by molar-refractivity contribution is -0.125. The van der Waals surface area contributed by atoms with Crippen LogP contribution in [0.5, 0.6) is 0 Å². The van der Waals surface area contributed by atoms with Gasteiger partial charge in [-0.3, -0.25) is 4.79 Å². The van der Waals surface area contributed by atoms with Gasteiger partial charge in [0.15, 0.2) is 0 Å². The number of piperidine rings is 1. The van der Waals surface area contributed by atoms with Gasteiger partial charge in [-0.1, -0.05) is 20.8 Å². The Kier molecular flexibility index (Phi) is 5.44. The first-order valence-electron chi connectivity index (χ1n) is 8.22. The fourth-order valence-corrected chi connectivity index (χ4v) is 3.33. The minimum atomic E-state index is 0.0580. The summed E-state index contributed by atoms with van der Waals surface area (Å²) in [4.78, 5) is 14.2. The van der Waals surface area contributed by atoms with Crippen LogP contribution < -0.4 is 5.32 Å². The molecule has 0 aromatic carbocycles. The van der Waals surface area contributed by atoms with Gasteiger partial charge in [-0.05, 0) is 38.6 Å². The van der Waals surface area contributed by atoms with Crippen LogP contribution in [-0.2, 0) is 9.53 Å². The van der Waals surface area contributed by atoms with Crippen LogP contribution in [-0.4, -0.2) is 48.7 Å². The predicted octanol–water partition coefficient (Wildman–Crippen LogP) is 2.18. The standard InChI is InChI=1S/C16H30N2O2/c1-4-9-18-10-7-16(8-11-18)6-5-14(20-16)12-17-15(19)13(2)3/h13-14H,4-12H2,1-3H3,(H,17,19). The molecule has 0 bridgehead atoms. The lowest BCUT2D eigenvalue weighted by Crippen LogP contribution is -2.45. The minimum absolute atomic E-state index is 0.0580. The van der Waals surface area contributed by atoms with Crippen molar-refractivity contribution < 1.29 is 9.53 Å². The van der Waals surface area contributed by atoms with Gasteiger partial charge in [0.25, 0.3) is 0 Å². The molecule has 0 aliphatic carbocycles. The van der Waals surface area contributed by atoms with Crippen molar-refractivity contribution in [2.75, 3.05) is 26.2 Å². The molecular formula is C16H30N2O2. The lowest BCUT2D eigenvalue weighted by atomic mass is 9.88. The molecule has 2 aliphatic rings. The number of nitrogens with zero attached hydrogens (tertiary/aromatic N) is 1. The molecule has 1 N–H and O–H groups in total. The number of amides is 1. The van der Waals surface area contributed by atoms with Gasteiger partial charge in [0.1, 0.15) is 0 Å². The van der Waals surface area contributed by atoms with E-state index in [1.807, 2.05) is 13.8 Å². The van der Waals surface area contributed by atoms with Gasteiger partial charge in [-0.2, -0.15) is 0 Å². The van der Waals surface area contributed by atoms with E-state index in [1.165, 1.54) is 26.1 Å². The van der Waals surface area contributed by atoms with Crippen molar-refractivity contribution in [2.24, 2.45) is 5.92 Å². The summed E-state index contributed by atoms with van der Waals surface area (Å²) in [5.41, 5.74) is 0.109. The number of carbonyl (C=O) groups excluding carboxylic acids is 1. The smallest absolute Gasteiger partial charge is 0.222 e. The molecule has 0 aromatic heterocycles. The lowest BCUT2D eigenvalue weighted by Gasteiger charge is -2.39. The Morgan fingerprint density at radius 2 is 2.05 bits per heavy atom. The molecule has 2 heterocycles. The molecule has 4 heteroatoms. The summed E-state index contributed by atoms with van der Waals surface area (Å²) in [6.07, 6.45) is 6.01. The molecular weight excluding hydrogens is 252 g/mol. The second kappa shape index (κ2) is 6.90. The van der Waals surface area contributed by atoms with Crippen LogP contribution in [0.3, 0.4) is 0 Å². The minimum Gasteiger partial charge on any atom is -0.370 e. The number of ether oxygens (including phenoxy) is 1. The summed E-state index contributed by atoms with van der Waals surface area (Å²) in [6.45, 7) is 10.3.